The molecule has 0 bridgehead atoms. The first kappa shape index (κ1) is 24.2. The van der Waals surface area contributed by atoms with Crippen LogP contribution in [0.3, 0.4) is 0 Å². The van der Waals surface area contributed by atoms with Gasteiger partial charge in [-0.2, -0.15) is 26.3 Å². The van der Waals surface area contributed by atoms with Crippen LogP contribution in [0.1, 0.15) is 35.6 Å². The fourth-order valence-electron chi connectivity index (χ4n) is 3.11. The number of alkyl halides is 6. The number of rotatable bonds is 8. The van der Waals surface area contributed by atoms with E-state index in [0.717, 1.165) is 12.1 Å². The number of ether oxygens (including phenoxy) is 1. The minimum absolute atomic E-state index is 0.120. The number of hydrogen-bond acceptors (Lipinski definition) is 2. The maximum Gasteiger partial charge on any atom is 0.416 e. The van der Waals surface area contributed by atoms with Crippen LogP contribution in [0, 0.1) is 0 Å². The van der Waals surface area contributed by atoms with Crippen LogP contribution in [0.15, 0.2) is 48.5 Å². The Morgan fingerprint density at radius 1 is 0.800 bits per heavy atom. The number of benzene rings is 2. The van der Waals surface area contributed by atoms with Crippen molar-refractivity contribution in [2.24, 2.45) is 0 Å². The van der Waals surface area contributed by atoms with Gasteiger partial charge in [0.1, 0.15) is 0 Å². The highest BCUT2D eigenvalue weighted by Crippen LogP contribution is 2.36. The minimum atomic E-state index is -4.87. The molecule has 0 saturated heterocycles. The smallest absolute Gasteiger partial charge is 0.376 e. The summed E-state index contributed by atoms with van der Waals surface area (Å²) < 4.78 is 83.8. The first-order valence-corrected chi connectivity index (χ1v) is 9.38. The fraction of sp³-hybridized carbons (Fsp3) is 0.455. The van der Waals surface area contributed by atoms with Crippen molar-refractivity contribution in [1.82, 2.24) is 4.90 Å². The van der Waals surface area contributed by atoms with Gasteiger partial charge in [0.05, 0.1) is 24.3 Å². The molecule has 0 aliphatic rings. The first-order valence-electron chi connectivity index (χ1n) is 9.38. The molecule has 2 aromatic carbocycles. The maximum atomic E-state index is 13.0. The van der Waals surface area contributed by atoms with E-state index in [9.17, 15) is 26.3 Å². The standard InChI is InChI=1S/C22H25F6NO/c1-20(9-10-29(2)3,17-7-5-4-6-8-17)15-30-14-16-11-18(21(23,24)25)13-19(12-16)22(26,27)28/h4-8,11-13H,9-10,14-15H2,1-3H3. The van der Waals surface area contributed by atoms with Gasteiger partial charge in [0.2, 0.25) is 0 Å². The van der Waals surface area contributed by atoms with Gasteiger partial charge in [0.15, 0.2) is 0 Å². The average Bonchev–Trinajstić information content (AvgIpc) is 2.65. The van der Waals surface area contributed by atoms with Crippen molar-refractivity contribution in [3.8, 4) is 0 Å². The summed E-state index contributed by atoms with van der Waals surface area (Å²) in [5.74, 6) is 0. The summed E-state index contributed by atoms with van der Waals surface area (Å²) in [5.41, 5.74) is -2.30. The van der Waals surface area contributed by atoms with E-state index < -0.39 is 28.9 Å². The molecule has 0 spiro atoms. The Balaban J connectivity index is 2.21. The summed E-state index contributed by atoms with van der Waals surface area (Å²) in [4.78, 5) is 2.00. The molecular formula is C22H25F6NO. The van der Waals surface area contributed by atoms with Crippen molar-refractivity contribution in [1.29, 1.82) is 0 Å². The molecule has 0 saturated carbocycles. The van der Waals surface area contributed by atoms with Gasteiger partial charge in [-0.05, 0) is 56.4 Å². The van der Waals surface area contributed by atoms with E-state index in [0.29, 0.717) is 18.6 Å². The number of halogens is 6. The molecular weight excluding hydrogens is 408 g/mol. The van der Waals surface area contributed by atoms with Gasteiger partial charge in [-0.1, -0.05) is 37.3 Å². The molecule has 0 aliphatic heterocycles. The van der Waals surface area contributed by atoms with Gasteiger partial charge in [-0.25, -0.2) is 0 Å². The SMILES string of the molecule is CN(C)CCC(C)(COCc1cc(C(F)(F)F)cc(C(F)(F)F)c1)c1ccccc1. The van der Waals surface area contributed by atoms with Gasteiger partial charge in [0, 0.05) is 5.41 Å². The Bertz CT molecular complexity index is 784. The third-order valence-electron chi connectivity index (χ3n) is 4.92. The molecule has 30 heavy (non-hydrogen) atoms. The third-order valence-corrected chi connectivity index (χ3v) is 4.92. The normalized spacial score (nSPS) is 14.7. The lowest BCUT2D eigenvalue weighted by atomic mass is 9.80. The predicted molar refractivity (Wildman–Crippen MR) is 103 cm³/mol. The molecule has 1 atom stereocenters. The van der Waals surface area contributed by atoms with E-state index in [4.69, 9.17) is 4.74 Å². The molecule has 2 nitrogen and oxygen atoms in total. The quantitative estimate of drug-likeness (QED) is 0.463. The van der Waals surface area contributed by atoms with E-state index in [-0.39, 0.29) is 24.8 Å². The highest BCUT2D eigenvalue weighted by molar-refractivity contribution is 5.33. The molecule has 0 aromatic heterocycles. The second-order valence-corrected chi connectivity index (χ2v) is 7.89. The Morgan fingerprint density at radius 2 is 1.33 bits per heavy atom. The Kier molecular flexibility index (Phi) is 7.58. The summed E-state index contributed by atoms with van der Waals surface area (Å²) in [6.07, 6.45) is -9.04. The van der Waals surface area contributed by atoms with Crippen LogP contribution >= 0.6 is 0 Å². The highest BCUT2D eigenvalue weighted by atomic mass is 19.4. The minimum Gasteiger partial charge on any atom is -0.376 e. The van der Waals surface area contributed by atoms with Gasteiger partial charge in [0.25, 0.3) is 0 Å². The molecule has 0 N–H and O–H groups in total. The van der Waals surface area contributed by atoms with Crippen LogP contribution in [0.25, 0.3) is 0 Å². The van der Waals surface area contributed by atoms with E-state index in [2.05, 4.69) is 0 Å². The highest BCUT2D eigenvalue weighted by Gasteiger charge is 2.37. The van der Waals surface area contributed by atoms with E-state index >= 15 is 0 Å². The Morgan fingerprint density at radius 3 is 1.80 bits per heavy atom. The van der Waals surface area contributed by atoms with Gasteiger partial charge >= 0.3 is 12.4 Å². The summed E-state index contributed by atoms with van der Waals surface area (Å²) in [6, 6.07) is 11.0. The Hall–Kier alpha value is -2.06. The zero-order valence-electron chi connectivity index (χ0n) is 17.1. The van der Waals surface area contributed by atoms with Crippen molar-refractivity contribution in [2.75, 3.05) is 27.2 Å². The van der Waals surface area contributed by atoms with Gasteiger partial charge < -0.3 is 9.64 Å². The first-order chi connectivity index (χ1) is 13.8. The van der Waals surface area contributed by atoms with Crippen molar-refractivity contribution in [3.63, 3.8) is 0 Å². The second kappa shape index (κ2) is 9.39. The van der Waals surface area contributed by atoms with Crippen molar-refractivity contribution < 1.29 is 31.1 Å². The third kappa shape index (κ3) is 6.74. The molecule has 2 aromatic rings. The fourth-order valence-corrected chi connectivity index (χ4v) is 3.11. The summed E-state index contributed by atoms with van der Waals surface area (Å²) in [6.45, 7) is 2.52. The molecule has 0 amide bonds. The zero-order chi connectivity index (χ0) is 22.6. The second-order valence-electron chi connectivity index (χ2n) is 7.89. The maximum absolute atomic E-state index is 13.0. The molecule has 0 heterocycles. The lowest BCUT2D eigenvalue weighted by molar-refractivity contribution is -0.143. The molecule has 8 heteroatoms. The molecule has 0 radical (unpaired) electrons. The van der Waals surface area contributed by atoms with Gasteiger partial charge in [-0.15, -0.1) is 0 Å². The van der Waals surface area contributed by atoms with Crippen LogP contribution in [0.5, 0.6) is 0 Å². The molecule has 0 fully saturated rings. The summed E-state index contributed by atoms with van der Waals surface area (Å²) in [5, 5.41) is 0. The Labute approximate surface area is 172 Å². The van der Waals surface area contributed by atoms with Crippen LogP contribution < -0.4 is 0 Å². The van der Waals surface area contributed by atoms with Crippen LogP contribution in [0.2, 0.25) is 0 Å². The average molecular weight is 433 g/mol. The number of hydrogen-bond donors (Lipinski definition) is 0. The zero-order valence-corrected chi connectivity index (χ0v) is 17.1. The molecule has 1 unspecified atom stereocenters. The molecule has 0 aliphatic carbocycles. The topological polar surface area (TPSA) is 12.5 Å². The van der Waals surface area contributed by atoms with Crippen molar-refractivity contribution >= 4 is 0 Å². The summed E-state index contributed by atoms with van der Waals surface area (Å²) in [7, 11) is 3.85. The van der Waals surface area contributed by atoms with Crippen LogP contribution in [-0.4, -0.2) is 32.1 Å². The molecule has 166 valence electrons. The largest absolute Gasteiger partial charge is 0.416 e. The number of nitrogens with zero attached hydrogens (tertiary/aromatic N) is 1. The summed E-state index contributed by atoms with van der Waals surface area (Å²) >= 11 is 0. The lowest BCUT2D eigenvalue weighted by Crippen LogP contribution is -2.32. The molecule has 2 rings (SSSR count). The van der Waals surface area contributed by atoms with Crippen molar-refractivity contribution in [3.05, 3.63) is 70.8 Å². The van der Waals surface area contributed by atoms with E-state index in [1.54, 1.807) is 0 Å². The monoisotopic (exact) mass is 433 g/mol. The lowest BCUT2D eigenvalue weighted by Gasteiger charge is -2.31. The van der Waals surface area contributed by atoms with Gasteiger partial charge in [-0.3, -0.25) is 0 Å². The van der Waals surface area contributed by atoms with Crippen LogP contribution in [0.4, 0.5) is 26.3 Å². The van der Waals surface area contributed by atoms with Crippen molar-refractivity contribution in [2.45, 2.75) is 37.7 Å². The van der Waals surface area contributed by atoms with E-state index in [1.807, 2.05) is 56.3 Å². The predicted octanol–water partition coefficient (Wildman–Crippen LogP) is 6.15. The van der Waals surface area contributed by atoms with Crippen LogP contribution in [-0.2, 0) is 29.1 Å². The van der Waals surface area contributed by atoms with E-state index in [1.165, 1.54) is 0 Å².